The van der Waals surface area contributed by atoms with Crippen molar-refractivity contribution in [3.05, 3.63) is 10.1 Å². The second-order valence-electron chi connectivity index (χ2n) is 2.14. The van der Waals surface area contributed by atoms with Gasteiger partial charge in [-0.1, -0.05) is 28.4 Å². The number of nitrogens with zero attached hydrogens (tertiary/aromatic N) is 1. The molecule has 0 spiro atoms. The van der Waals surface area contributed by atoms with Gasteiger partial charge in [-0.25, -0.2) is 0 Å². The highest BCUT2D eigenvalue weighted by Gasteiger charge is 2.18. The van der Waals surface area contributed by atoms with Crippen LogP contribution in [0.2, 0.25) is 0 Å². The van der Waals surface area contributed by atoms with E-state index in [1.165, 1.54) is 0 Å². The summed E-state index contributed by atoms with van der Waals surface area (Å²) in [6.45, 7) is 0. The van der Waals surface area contributed by atoms with Crippen LogP contribution >= 0.6 is 23.2 Å². The van der Waals surface area contributed by atoms with Crippen molar-refractivity contribution in [1.82, 2.24) is 0 Å². The monoisotopic (exact) mass is 179 g/mol. The Bertz CT molecular complexity index is 194. The summed E-state index contributed by atoms with van der Waals surface area (Å²) in [5, 5.41) is 11.5. The fourth-order valence-corrected chi connectivity index (χ4v) is 1.45. The van der Waals surface area contributed by atoms with Gasteiger partial charge in [-0.05, 0) is 19.3 Å². The molecule has 0 saturated heterocycles. The summed E-state index contributed by atoms with van der Waals surface area (Å²) in [6, 6.07) is 0. The zero-order valence-corrected chi connectivity index (χ0v) is 6.78. The van der Waals surface area contributed by atoms with Crippen molar-refractivity contribution in [2.45, 2.75) is 19.3 Å². The van der Waals surface area contributed by atoms with E-state index in [0.717, 1.165) is 24.8 Å². The smallest absolute Gasteiger partial charge is 0.111 e. The van der Waals surface area contributed by atoms with Gasteiger partial charge in [0.2, 0.25) is 0 Å². The summed E-state index contributed by atoms with van der Waals surface area (Å²) in [5.41, 5.74) is 1.41. The zero-order valence-electron chi connectivity index (χ0n) is 5.27. The third-order valence-corrected chi connectivity index (χ3v) is 1.99. The van der Waals surface area contributed by atoms with E-state index in [1.54, 1.807) is 0 Å². The molecule has 0 aromatic rings. The third-order valence-electron chi connectivity index (χ3n) is 1.54. The summed E-state index contributed by atoms with van der Waals surface area (Å²) >= 11 is 11.0. The van der Waals surface area contributed by atoms with Gasteiger partial charge in [0, 0.05) is 5.57 Å². The molecule has 0 bridgehead atoms. The molecule has 1 fully saturated rings. The molecular weight excluding hydrogens is 173 g/mol. The van der Waals surface area contributed by atoms with Crippen molar-refractivity contribution in [3.8, 4) is 0 Å². The molecule has 1 aliphatic carbocycles. The number of allylic oxidation sites excluding steroid dienone is 1. The lowest BCUT2D eigenvalue weighted by Crippen LogP contribution is -1.92. The quantitative estimate of drug-likeness (QED) is 0.451. The van der Waals surface area contributed by atoms with Crippen LogP contribution in [0.15, 0.2) is 15.2 Å². The lowest BCUT2D eigenvalue weighted by Gasteiger charge is -1.94. The van der Waals surface area contributed by atoms with Gasteiger partial charge in [-0.15, -0.1) is 0 Å². The SMILES string of the molecule is ON=C1CCCC1=C(Cl)Cl. The molecule has 1 N–H and O–H groups in total. The van der Waals surface area contributed by atoms with E-state index < -0.39 is 0 Å². The van der Waals surface area contributed by atoms with Crippen LogP contribution in [0.1, 0.15) is 19.3 Å². The van der Waals surface area contributed by atoms with E-state index in [9.17, 15) is 0 Å². The highest BCUT2D eigenvalue weighted by molar-refractivity contribution is 6.57. The zero-order chi connectivity index (χ0) is 7.56. The van der Waals surface area contributed by atoms with E-state index in [1.807, 2.05) is 0 Å². The minimum Gasteiger partial charge on any atom is -0.411 e. The van der Waals surface area contributed by atoms with E-state index >= 15 is 0 Å². The summed E-state index contributed by atoms with van der Waals surface area (Å²) in [6.07, 6.45) is 2.56. The minimum absolute atomic E-state index is 0.227. The van der Waals surface area contributed by atoms with Crippen molar-refractivity contribution in [1.29, 1.82) is 0 Å². The topological polar surface area (TPSA) is 32.6 Å². The predicted octanol–water partition coefficient (Wildman–Crippen LogP) is 2.69. The molecule has 2 nitrogen and oxygen atoms in total. The average molecular weight is 180 g/mol. The molecule has 0 heterocycles. The number of oxime groups is 1. The second kappa shape index (κ2) is 3.26. The Hall–Kier alpha value is -0.210. The normalized spacial score (nSPS) is 22.2. The number of hydrogen-bond acceptors (Lipinski definition) is 2. The predicted molar refractivity (Wildman–Crippen MR) is 41.8 cm³/mol. The van der Waals surface area contributed by atoms with E-state index in [-0.39, 0.29) is 4.49 Å². The Kier molecular flexibility index (Phi) is 2.57. The first kappa shape index (κ1) is 7.89. The lowest BCUT2D eigenvalue weighted by atomic mass is 10.2. The number of halogens is 2. The largest absolute Gasteiger partial charge is 0.411 e. The molecule has 0 atom stereocenters. The molecule has 0 aromatic carbocycles. The number of rotatable bonds is 0. The second-order valence-corrected chi connectivity index (χ2v) is 3.09. The van der Waals surface area contributed by atoms with Crippen LogP contribution in [0.5, 0.6) is 0 Å². The van der Waals surface area contributed by atoms with Crippen LogP contribution in [0.3, 0.4) is 0 Å². The highest BCUT2D eigenvalue weighted by atomic mass is 35.5. The first-order chi connectivity index (χ1) is 4.75. The maximum atomic E-state index is 8.42. The van der Waals surface area contributed by atoms with Gasteiger partial charge in [-0.3, -0.25) is 0 Å². The van der Waals surface area contributed by atoms with E-state index in [0.29, 0.717) is 5.71 Å². The standard InChI is InChI=1S/C6H7Cl2NO/c7-6(8)4-2-1-3-5(4)9-10/h10H,1-3H2. The van der Waals surface area contributed by atoms with Crippen LogP contribution in [-0.2, 0) is 0 Å². The minimum atomic E-state index is 0.227. The summed E-state index contributed by atoms with van der Waals surface area (Å²) in [5.74, 6) is 0. The molecule has 1 rings (SSSR count). The molecule has 56 valence electrons. The Labute approximate surface area is 69.1 Å². The van der Waals surface area contributed by atoms with Crippen molar-refractivity contribution >= 4 is 28.9 Å². The van der Waals surface area contributed by atoms with Gasteiger partial charge < -0.3 is 5.21 Å². The first-order valence-electron chi connectivity index (χ1n) is 3.01. The van der Waals surface area contributed by atoms with E-state index in [4.69, 9.17) is 28.4 Å². The molecule has 1 aliphatic rings. The lowest BCUT2D eigenvalue weighted by molar-refractivity contribution is 0.318. The van der Waals surface area contributed by atoms with Crippen molar-refractivity contribution in [3.63, 3.8) is 0 Å². The summed E-state index contributed by atoms with van der Waals surface area (Å²) in [7, 11) is 0. The highest BCUT2D eigenvalue weighted by Crippen LogP contribution is 2.28. The summed E-state index contributed by atoms with van der Waals surface area (Å²) in [4.78, 5) is 0. The molecule has 0 aliphatic heterocycles. The van der Waals surface area contributed by atoms with Gasteiger partial charge in [0.1, 0.15) is 4.49 Å². The molecule has 4 heteroatoms. The van der Waals surface area contributed by atoms with Gasteiger partial charge in [0.15, 0.2) is 0 Å². The van der Waals surface area contributed by atoms with Crippen molar-refractivity contribution in [2.75, 3.05) is 0 Å². The van der Waals surface area contributed by atoms with Gasteiger partial charge in [-0.2, -0.15) is 0 Å². The maximum Gasteiger partial charge on any atom is 0.111 e. The van der Waals surface area contributed by atoms with Gasteiger partial charge in [0.25, 0.3) is 0 Å². The Morgan fingerprint density at radius 1 is 1.40 bits per heavy atom. The fourth-order valence-electron chi connectivity index (χ4n) is 1.04. The number of hydrogen-bond donors (Lipinski definition) is 1. The molecule has 10 heavy (non-hydrogen) atoms. The van der Waals surface area contributed by atoms with Crippen LogP contribution < -0.4 is 0 Å². The molecule has 0 amide bonds. The Morgan fingerprint density at radius 3 is 2.50 bits per heavy atom. The Morgan fingerprint density at radius 2 is 2.10 bits per heavy atom. The molecular formula is C6H7Cl2NO. The van der Waals surface area contributed by atoms with Gasteiger partial charge in [0.05, 0.1) is 5.71 Å². The van der Waals surface area contributed by atoms with Gasteiger partial charge >= 0.3 is 0 Å². The average Bonchev–Trinajstić information content (AvgIpc) is 2.33. The van der Waals surface area contributed by atoms with Crippen LogP contribution in [0, 0.1) is 0 Å². The molecule has 0 unspecified atom stereocenters. The third kappa shape index (κ3) is 1.44. The molecule has 0 radical (unpaired) electrons. The first-order valence-corrected chi connectivity index (χ1v) is 3.76. The van der Waals surface area contributed by atoms with Crippen LogP contribution in [0.4, 0.5) is 0 Å². The van der Waals surface area contributed by atoms with Crippen molar-refractivity contribution in [2.24, 2.45) is 5.16 Å². The van der Waals surface area contributed by atoms with Crippen LogP contribution in [0.25, 0.3) is 0 Å². The fraction of sp³-hybridized carbons (Fsp3) is 0.500. The van der Waals surface area contributed by atoms with Crippen LogP contribution in [-0.4, -0.2) is 10.9 Å². The van der Waals surface area contributed by atoms with E-state index in [2.05, 4.69) is 5.16 Å². The summed E-state index contributed by atoms with van der Waals surface area (Å²) < 4.78 is 0.227. The Balaban J connectivity index is 2.89. The molecule has 0 aromatic heterocycles. The van der Waals surface area contributed by atoms with Crippen molar-refractivity contribution < 1.29 is 5.21 Å². The maximum absolute atomic E-state index is 8.42. The molecule has 1 saturated carbocycles.